The van der Waals surface area contributed by atoms with E-state index in [4.69, 9.17) is 14.3 Å². The fraction of sp³-hybridized carbons (Fsp3) is 0.200. The van der Waals surface area contributed by atoms with Gasteiger partial charge in [0.15, 0.2) is 0 Å². The number of nitrogens with one attached hydrogen (secondary N) is 2. The Morgan fingerprint density at radius 3 is 1.97 bits per heavy atom. The fourth-order valence-corrected chi connectivity index (χ4v) is 2.48. The molecule has 1 amide bonds. The molecule has 0 aliphatic rings. The van der Waals surface area contributed by atoms with E-state index in [0.717, 1.165) is 17.0 Å². The molecule has 0 saturated carbocycles. The summed E-state index contributed by atoms with van der Waals surface area (Å²) in [5, 5.41) is 5.94. The lowest BCUT2D eigenvalue weighted by molar-refractivity contribution is -0.191. The number of hydrogen-bond donors (Lipinski definition) is 2. The molecule has 0 unspecified atom stereocenters. The summed E-state index contributed by atoms with van der Waals surface area (Å²) in [5.41, 5.74) is 5.18. The number of aryl methyl sites for hydroxylation is 2. The molecule has 0 spiro atoms. The zero-order valence-electron chi connectivity index (χ0n) is 18.3. The number of benzene rings is 3. The van der Waals surface area contributed by atoms with E-state index in [-0.39, 0.29) is 12.1 Å². The normalized spacial score (nSPS) is 9.03. The van der Waals surface area contributed by atoms with Crippen molar-refractivity contribution in [2.75, 3.05) is 19.5 Å². The lowest BCUT2D eigenvalue weighted by Crippen LogP contribution is -2.22. The first-order valence-electron chi connectivity index (χ1n) is 9.65. The van der Waals surface area contributed by atoms with Crippen LogP contribution in [0.15, 0.2) is 72.8 Å². The van der Waals surface area contributed by atoms with E-state index in [1.165, 1.54) is 11.1 Å². The summed E-state index contributed by atoms with van der Waals surface area (Å²) in [7, 11) is 3.51. The van der Waals surface area contributed by atoms with Crippen LogP contribution in [0.1, 0.15) is 27.0 Å². The van der Waals surface area contributed by atoms with Gasteiger partial charge < -0.3 is 15.4 Å². The van der Waals surface area contributed by atoms with Crippen molar-refractivity contribution in [2.45, 2.75) is 20.4 Å². The van der Waals surface area contributed by atoms with Gasteiger partial charge in [-0.1, -0.05) is 53.6 Å². The highest BCUT2D eigenvalue weighted by molar-refractivity contribution is 5.95. The van der Waals surface area contributed by atoms with E-state index in [2.05, 4.69) is 17.6 Å². The first kappa shape index (κ1) is 25.1. The molecular formula is C25H28N2O4. The lowest BCUT2D eigenvalue weighted by Gasteiger charge is -2.07. The minimum absolute atomic E-state index is 0.0577. The van der Waals surface area contributed by atoms with Crippen LogP contribution in [-0.2, 0) is 16.1 Å². The van der Waals surface area contributed by atoms with E-state index in [1.807, 2.05) is 86.8 Å². The Balaban J connectivity index is 0.000000333. The predicted molar refractivity (Wildman–Crippen MR) is 121 cm³/mol. The number of hydrogen-bond acceptors (Lipinski definition) is 5. The first-order valence-corrected chi connectivity index (χ1v) is 9.65. The van der Waals surface area contributed by atoms with Crippen molar-refractivity contribution in [2.24, 2.45) is 0 Å². The van der Waals surface area contributed by atoms with Gasteiger partial charge in [0.05, 0.1) is 7.11 Å². The molecule has 0 radical (unpaired) electrons. The van der Waals surface area contributed by atoms with E-state index < -0.39 is 0 Å². The van der Waals surface area contributed by atoms with Crippen LogP contribution in [-0.4, -0.2) is 26.2 Å². The van der Waals surface area contributed by atoms with Gasteiger partial charge in [0.1, 0.15) is 5.75 Å². The third kappa shape index (κ3) is 9.92. The third-order valence-corrected chi connectivity index (χ3v) is 4.24. The molecule has 2 N–H and O–H groups in total. The summed E-state index contributed by atoms with van der Waals surface area (Å²) in [6.07, 6.45) is 0.250. The molecule has 3 rings (SSSR count). The molecule has 0 saturated heterocycles. The molecular weight excluding hydrogens is 392 g/mol. The molecule has 6 heteroatoms. The van der Waals surface area contributed by atoms with Crippen LogP contribution < -0.4 is 15.4 Å². The van der Waals surface area contributed by atoms with Gasteiger partial charge in [0.2, 0.25) is 0 Å². The molecule has 0 aromatic heterocycles. The second kappa shape index (κ2) is 14.1. The zero-order valence-corrected chi connectivity index (χ0v) is 18.3. The molecule has 0 fully saturated rings. The minimum Gasteiger partial charge on any atom is -0.497 e. The van der Waals surface area contributed by atoms with Gasteiger partial charge >= 0.3 is 6.15 Å². The smallest absolute Gasteiger partial charge is 0.373 e. The molecule has 6 nitrogen and oxygen atoms in total. The topological polar surface area (TPSA) is 84.5 Å². The van der Waals surface area contributed by atoms with Crippen molar-refractivity contribution in [3.05, 3.63) is 95.1 Å². The third-order valence-electron chi connectivity index (χ3n) is 4.24. The van der Waals surface area contributed by atoms with Gasteiger partial charge in [-0.3, -0.25) is 4.79 Å². The monoisotopic (exact) mass is 420 g/mol. The summed E-state index contributed by atoms with van der Waals surface area (Å²) in [6, 6.07) is 23.5. The molecule has 3 aromatic rings. The predicted octanol–water partition coefficient (Wildman–Crippen LogP) is 4.39. The molecule has 0 heterocycles. The molecule has 0 atom stereocenters. The fourth-order valence-electron chi connectivity index (χ4n) is 2.48. The van der Waals surface area contributed by atoms with Crippen LogP contribution in [0.5, 0.6) is 5.75 Å². The average Bonchev–Trinajstić information content (AvgIpc) is 2.80. The quantitative estimate of drug-likeness (QED) is 0.640. The number of rotatable bonds is 5. The Labute approximate surface area is 183 Å². The van der Waals surface area contributed by atoms with Crippen LogP contribution in [0.4, 0.5) is 5.69 Å². The van der Waals surface area contributed by atoms with Gasteiger partial charge in [-0.2, -0.15) is 9.59 Å². The highest BCUT2D eigenvalue weighted by Gasteiger charge is 2.05. The van der Waals surface area contributed by atoms with E-state index in [1.54, 1.807) is 7.11 Å². The number of ether oxygens (including phenoxy) is 1. The van der Waals surface area contributed by atoms with Crippen LogP contribution in [0.2, 0.25) is 0 Å². The Morgan fingerprint density at radius 1 is 0.903 bits per heavy atom. The minimum atomic E-state index is -0.0577. The molecule has 0 bridgehead atoms. The second-order valence-corrected chi connectivity index (χ2v) is 6.60. The van der Waals surface area contributed by atoms with Crippen LogP contribution >= 0.6 is 0 Å². The van der Waals surface area contributed by atoms with Crippen molar-refractivity contribution in [3.8, 4) is 5.75 Å². The molecule has 3 aromatic carbocycles. The summed E-state index contributed by atoms with van der Waals surface area (Å²) in [6.45, 7) is 4.65. The lowest BCUT2D eigenvalue weighted by atomic mass is 10.1. The van der Waals surface area contributed by atoms with Crippen molar-refractivity contribution in [3.63, 3.8) is 0 Å². The zero-order chi connectivity index (χ0) is 23.1. The highest BCUT2D eigenvalue weighted by Crippen LogP contribution is 2.10. The molecule has 31 heavy (non-hydrogen) atoms. The average molecular weight is 421 g/mol. The standard InChI is InChI=1S/C16H18N2O.C8H10O.CO2/c1-12-6-8-13(9-7-12)11-18-16(19)14-4-3-5-15(10-14)17-2;1-7-3-5-8(9-2)6-4-7;2-1-3/h3-10,17H,11H2,1-2H3,(H,18,19);3-6H,1-2H3;. The second-order valence-electron chi connectivity index (χ2n) is 6.60. The van der Waals surface area contributed by atoms with E-state index in [0.29, 0.717) is 12.1 Å². The summed E-state index contributed by atoms with van der Waals surface area (Å²) >= 11 is 0. The van der Waals surface area contributed by atoms with Crippen molar-refractivity contribution >= 4 is 17.7 Å². The maximum absolute atomic E-state index is 12.0. The SMILES string of the molecule is CNc1cccc(C(=O)NCc2ccc(C)cc2)c1.COc1ccc(C)cc1.O=C=O. The number of carbonyl (C=O) groups is 1. The van der Waals surface area contributed by atoms with Gasteiger partial charge in [-0.05, 0) is 49.7 Å². The van der Waals surface area contributed by atoms with Crippen LogP contribution in [0, 0.1) is 13.8 Å². The Bertz CT molecular complexity index is 962. The largest absolute Gasteiger partial charge is 0.497 e. The van der Waals surface area contributed by atoms with Crippen molar-refractivity contribution in [1.82, 2.24) is 5.32 Å². The van der Waals surface area contributed by atoms with Crippen molar-refractivity contribution < 1.29 is 19.1 Å². The Morgan fingerprint density at radius 2 is 1.45 bits per heavy atom. The van der Waals surface area contributed by atoms with Crippen molar-refractivity contribution in [1.29, 1.82) is 0 Å². The molecule has 0 aliphatic carbocycles. The van der Waals surface area contributed by atoms with E-state index >= 15 is 0 Å². The number of methoxy groups -OCH3 is 1. The van der Waals surface area contributed by atoms with Gasteiger partial charge in [-0.15, -0.1) is 0 Å². The molecule has 0 aliphatic heterocycles. The summed E-state index contributed by atoms with van der Waals surface area (Å²) in [5.74, 6) is 0.860. The Kier molecular flexibility index (Phi) is 11.5. The van der Waals surface area contributed by atoms with Gasteiger partial charge in [0.25, 0.3) is 5.91 Å². The number of amides is 1. The van der Waals surface area contributed by atoms with E-state index in [9.17, 15) is 4.79 Å². The van der Waals surface area contributed by atoms with Crippen LogP contribution in [0.25, 0.3) is 0 Å². The number of carbonyl (C=O) groups excluding carboxylic acids is 3. The van der Waals surface area contributed by atoms with Gasteiger partial charge in [0, 0.05) is 24.8 Å². The number of anilines is 1. The molecule has 162 valence electrons. The van der Waals surface area contributed by atoms with Crippen LogP contribution in [0.3, 0.4) is 0 Å². The summed E-state index contributed by atoms with van der Waals surface area (Å²) in [4.78, 5) is 28.3. The van der Waals surface area contributed by atoms with Gasteiger partial charge in [-0.25, -0.2) is 0 Å². The highest BCUT2D eigenvalue weighted by atomic mass is 16.5. The maximum Gasteiger partial charge on any atom is 0.373 e. The maximum atomic E-state index is 12.0. The first-order chi connectivity index (χ1) is 14.9. The Hall–Kier alpha value is -3.89. The summed E-state index contributed by atoms with van der Waals surface area (Å²) < 4.78 is 4.97.